The zero-order valence-corrected chi connectivity index (χ0v) is 10.3. The van der Waals surface area contributed by atoms with Crippen LogP contribution in [0.1, 0.15) is 10.4 Å². The maximum atomic E-state index is 13.0. The third-order valence-electron chi connectivity index (χ3n) is 2.32. The van der Waals surface area contributed by atoms with Crippen molar-refractivity contribution in [2.45, 2.75) is 0 Å². The predicted octanol–water partition coefficient (Wildman–Crippen LogP) is 3.89. The molecule has 0 fully saturated rings. The van der Waals surface area contributed by atoms with Crippen molar-refractivity contribution in [1.82, 2.24) is 4.98 Å². The van der Waals surface area contributed by atoms with Gasteiger partial charge in [-0.15, -0.1) is 0 Å². The number of carbonyl (C=O) groups is 1. The van der Waals surface area contributed by atoms with Crippen LogP contribution in [0.2, 0.25) is 10.0 Å². The molecule has 92 valence electrons. The van der Waals surface area contributed by atoms with Gasteiger partial charge >= 0.3 is 5.97 Å². The fourth-order valence-corrected chi connectivity index (χ4v) is 2.04. The number of halogens is 3. The fraction of sp³-hybridized carbons (Fsp3) is 0. The van der Waals surface area contributed by atoms with Crippen LogP contribution in [0.15, 0.2) is 30.5 Å². The van der Waals surface area contributed by atoms with Crippen LogP contribution in [0.4, 0.5) is 4.39 Å². The van der Waals surface area contributed by atoms with Gasteiger partial charge in [-0.25, -0.2) is 9.78 Å². The molecule has 3 nitrogen and oxygen atoms in total. The lowest BCUT2D eigenvalue weighted by Crippen LogP contribution is -2.02. The molecule has 1 aromatic carbocycles. The lowest BCUT2D eigenvalue weighted by molar-refractivity contribution is 0.0697. The summed E-state index contributed by atoms with van der Waals surface area (Å²) in [6, 6.07) is 5.46. The highest BCUT2D eigenvalue weighted by Crippen LogP contribution is 2.32. The topological polar surface area (TPSA) is 50.2 Å². The molecule has 1 aromatic heterocycles. The van der Waals surface area contributed by atoms with Gasteiger partial charge in [0.15, 0.2) is 0 Å². The second-order valence-corrected chi connectivity index (χ2v) is 4.33. The van der Waals surface area contributed by atoms with Gasteiger partial charge in [0.25, 0.3) is 0 Å². The second kappa shape index (κ2) is 4.92. The summed E-state index contributed by atoms with van der Waals surface area (Å²) >= 11 is 11.7. The zero-order valence-electron chi connectivity index (χ0n) is 8.82. The Morgan fingerprint density at radius 2 is 1.94 bits per heavy atom. The second-order valence-electron chi connectivity index (χ2n) is 3.48. The minimum atomic E-state index is -1.25. The van der Waals surface area contributed by atoms with E-state index in [-0.39, 0.29) is 16.1 Å². The summed E-state index contributed by atoms with van der Waals surface area (Å²) in [5, 5.41) is 9.74. The summed E-state index contributed by atoms with van der Waals surface area (Å²) in [5.74, 6) is -2.11. The first kappa shape index (κ1) is 12.8. The number of hydrogen-bond acceptors (Lipinski definition) is 2. The third-order valence-corrected chi connectivity index (χ3v) is 2.87. The number of nitrogens with zero attached hydrogens (tertiary/aromatic N) is 1. The van der Waals surface area contributed by atoms with Crippen LogP contribution in [-0.2, 0) is 0 Å². The smallest absolute Gasteiger partial charge is 0.336 e. The van der Waals surface area contributed by atoms with Gasteiger partial charge in [-0.2, -0.15) is 4.39 Å². The number of hydrogen-bond donors (Lipinski definition) is 1. The normalized spacial score (nSPS) is 10.4. The maximum absolute atomic E-state index is 13.0. The highest BCUT2D eigenvalue weighted by Gasteiger charge is 2.16. The molecule has 0 saturated heterocycles. The summed E-state index contributed by atoms with van der Waals surface area (Å²) in [6.45, 7) is 0. The van der Waals surface area contributed by atoms with E-state index in [2.05, 4.69) is 4.98 Å². The molecule has 1 heterocycles. The van der Waals surface area contributed by atoms with Crippen molar-refractivity contribution in [3.05, 3.63) is 52.0 Å². The average molecular weight is 286 g/mol. The predicted molar refractivity (Wildman–Crippen MR) is 66.6 cm³/mol. The Balaban J connectivity index is 2.67. The van der Waals surface area contributed by atoms with E-state index in [1.807, 2.05) is 0 Å². The number of aromatic nitrogens is 1. The third kappa shape index (κ3) is 2.44. The largest absolute Gasteiger partial charge is 0.478 e. The van der Waals surface area contributed by atoms with E-state index in [1.165, 1.54) is 6.07 Å². The van der Waals surface area contributed by atoms with Gasteiger partial charge in [0.1, 0.15) is 0 Å². The van der Waals surface area contributed by atoms with Gasteiger partial charge in [-0.3, -0.25) is 0 Å². The quantitative estimate of drug-likeness (QED) is 0.852. The molecular weight excluding hydrogens is 280 g/mol. The van der Waals surface area contributed by atoms with E-state index < -0.39 is 11.9 Å². The number of carboxylic acids is 1. The Bertz CT molecular complexity index is 631. The van der Waals surface area contributed by atoms with Crippen molar-refractivity contribution >= 4 is 29.2 Å². The van der Waals surface area contributed by atoms with E-state index in [9.17, 15) is 9.18 Å². The van der Waals surface area contributed by atoms with Crippen LogP contribution in [-0.4, -0.2) is 16.1 Å². The Kier molecular flexibility index (Phi) is 3.50. The maximum Gasteiger partial charge on any atom is 0.336 e. The van der Waals surface area contributed by atoms with Gasteiger partial charge in [0.05, 0.1) is 5.56 Å². The number of carboxylic acid groups (broad SMARTS) is 1. The van der Waals surface area contributed by atoms with Crippen molar-refractivity contribution in [3.63, 3.8) is 0 Å². The molecule has 0 saturated carbocycles. The average Bonchev–Trinajstić information content (AvgIpc) is 2.29. The molecule has 0 aliphatic rings. The molecule has 2 aromatic rings. The van der Waals surface area contributed by atoms with Crippen LogP contribution in [0.25, 0.3) is 11.1 Å². The Morgan fingerprint density at radius 1 is 1.22 bits per heavy atom. The monoisotopic (exact) mass is 285 g/mol. The molecule has 0 spiro atoms. The zero-order chi connectivity index (χ0) is 13.3. The van der Waals surface area contributed by atoms with E-state index >= 15 is 0 Å². The molecule has 0 amide bonds. The Labute approximate surface area is 112 Å². The number of rotatable bonds is 2. The summed E-state index contributed by atoms with van der Waals surface area (Å²) in [7, 11) is 0. The highest BCUT2D eigenvalue weighted by atomic mass is 35.5. The minimum absolute atomic E-state index is 0.202. The lowest BCUT2D eigenvalue weighted by atomic mass is 10.0. The van der Waals surface area contributed by atoms with Gasteiger partial charge in [0, 0.05) is 33.4 Å². The van der Waals surface area contributed by atoms with Crippen LogP contribution in [0.3, 0.4) is 0 Å². The van der Waals surface area contributed by atoms with Crippen LogP contribution in [0.5, 0.6) is 0 Å². The van der Waals surface area contributed by atoms with Crippen LogP contribution in [0, 0.1) is 5.95 Å². The summed E-state index contributed by atoms with van der Waals surface area (Å²) in [5.41, 5.74) is 0.475. The Morgan fingerprint density at radius 3 is 2.56 bits per heavy atom. The van der Waals surface area contributed by atoms with E-state index in [1.54, 1.807) is 12.1 Å². The number of pyridine rings is 1. The Hall–Kier alpha value is -1.65. The van der Waals surface area contributed by atoms with Crippen molar-refractivity contribution in [2.24, 2.45) is 0 Å². The first-order valence-corrected chi connectivity index (χ1v) is 5.59. The van der Waals surface area contributed by atoms with Gasteiger partial charge in [-0.1, -0.05) is 29.3 Å². The first-order chi connectivity index (χ1) is 8.49. The van der Waals surface area contributed by atoms with Crippen LogP contribution < -0.4 is 0 Å². The van der Waals surface area contributed by atoms with Crippen molar-refractivity contribution < 1.29 is 14.3 Å². The van der Waals surface area contributed by atoms with Crippen molar-refractivity contribution in [2.75, 3.05) is 0 Å². The molecule has 0 aliphatic heterocycles. The molecule has 1 N–H and O–H groups in total. The highest BCUT2D eigenvalue weighted by molar-refractivity contribution is 6.36. The van der Waals surface area contributed by atoms with Crippen LogP contribution >= 0.6 is 23.2 Å². The summed E-state index contributed by atoms with van der Waals surface area (Å²) in [6.07, 6.45) is 1.13. The van der Waals surface area contributed by atoms with Crippen molar-refractivity contribution in [1.29, 1.82) is 0 Å². The summed E-state index contributed by atoms with van der Waals surface area (Å²) < 4.78 is 13.0. The molecule has 0 aliphatic carbocycles. The molecule has 6 heteroatoms. The minimum Gasteiger partial charge on any atom is -0.478 e. The molecule has 0 bridgehead atoms. The molecular formula is C12H6Cl2FNO2. The fourth-order valence-electron chi connectivity index (χ4n) is 1.53. The van der Waals surface area contributed by atoms with E-state index in [0.29, 0.717) is 10.6 Å². The van der Waals surface area contributed by atoms with Gasteiger partial charge in [0.2, 0.25) is 5.95 Å². The molecule has 18 heavy (non-hydrogen) atoms. The molecule has 0 unspecified atom stereocenters. The van der Waals surface area contributed by atoms with Crippen molar-refractivity contribution in [3.8, 4) is 11.1 Å². The lowest BCUT2D eigenvalue weighted by Gasteiger charge is -2.08. The standard InChI is InChI=1S/C12H6Cl2FNO2/c13-6-1-2-7(10(14)3-6)9-5-16-11(15)4-8(9)12(17)18/h1-5H,(H,17,18). The number of benzene rings is 1. The first-order valence-electron chi connectivity index (χ1n) is 4.83. The van der Waals surface area contributed by atoms with E-state index in [0.717, 1.165) is 12.3 Å². The van der Waals surface area contributed by atoms with E-state index in [4.69, 9.17) is 28.3 Å². The number of aromatic carboxylic acids is 1. The molecule has 0 radical (unpaired) electrons. The van der Waals surface area contributed by atoms with Gasteiger partial charge < -0.3 is 5.11 Å². The SMILES string of the molecule is O=C(O)c1cc(F)ncc1-c1ccc(Cl)cc1Cl. The summed E-state index contributed by atoms with van der Waals surface area (Å²) in [4.78, 5) is 14.5. The molecule has 2 rings (SSSR count). The van der Waals surface area contributed by atoms with Gasteiger partial charge in [-0.05, 0) is 12.1 Å². The molecule has 0 atom stereocenters.